The molecule has 3 aromatic rings. The van der Waals surface area contributed by atoms with Crippen LogP contribution < -0.4 is 5.32 Å². The maximum Gasteiger partial charge on any atom is 0.311 e. The van der Waals surface area contributed by atoms with Gasteiger partial charge < -0.3 is 10.1 Å². The summed E-state index contributed by atoms with van der Waals surface area (Å²) in [5.74, 6) is -0.723. The SMILES string of the molecule is Cc1nn(-c2ccccc2)c(C)c1CC(=O)O[C@H](C(=O)NC1CC1)c1ccccc1. The Morgan fingerprint density at radius 2 is 1.70 bits per heavy atom. The number of hydrogen-bond donors (Lipinski definition) is 1. The zero-order valence-corrected chi connectivity index (χ0v) is 17.2. The molecule has 154 valence electrons. The highest BCUT2D eigenvalue weighted by Crippen LogP contribution is 2.24. The van der Waals surface area contributed by atoms with Gasteiger partial charge in [0.25, 0.3) is 5.91 Å². The van der Waals surface area contributed by atoms with E-state index in [4.69, 9.17) is 4.74 Å². The summed E-state index contributed by atoms with van der Waals surface area (Å²) in [6.07, 6.45) is 1.05. The van der Waals surface area contributed by atoms with Crippen molar-refractivity contribution in [2.75, 3.05) is 0 Å². The van der Waals surface area contributed by atoms with E-state index in [0.717, 1.165) is 35.5 Å². The normalized spacial score (nSPS) is 14.2. The van der Waals surface area contributed by atoms with Crippen LogP contribution in [0.1, 0.15) is 41.5 Å². The van der Waals surface area contributed by atoms with Crippen LogP contribution in [-0.4, -0.2) is 27.7 Å². The van der Waals surface area contributed by atoms with E-state index in [0.29, 0.717) is 5.56 Å². The van der Waals surface area contributed by atoms with Crippen molar-refractivity contribution in [1.82, 2.24) is 15.1 Å². The Kier molecular flexibility index (Phi) is 5.65. The largest absolute Gasteiger partial charge is 0.447 e. The van der Waals surface area contributed by atoms with E-state index < -0.39 is 12.1 Å². The first-order valence-electron chi connectivity index (χ1n) is 10.2. The Balaban J connectivity index is 1.52. The Hall–Kier alpha value is -3.41. The number of amides is 1. The maximum atomic E-state index is 12.8. The van der Waals surface area contributed by atoms with Gasteiger partial charge in [0, 0.05) is 22.9 Å². The van der Waals surface area contributed by atoms with Gasteiger partial charge in [0.1, 0.15) is 0 Å². The van der Waals surface area contributed by atoms with E-state index in [1.54, 1.807) is 12.1 Å². The second-order valence-corrected chi connectivity index (χ2v) is 7.64. The van der Waals surface area contributed by atoms with E-state index in [1.165, 1.54) is 0 Å². The van der Waals surface area contributed by atoms with Gasteiger partial charge in [-0.2, -0.15) is 5.10 Å². The number of hydrogen-bond acceptors (Lipinski definition) is 4. The van der Waals surface area contributed by atoms with Crippen LogP contribution in [0.2, 0.25) is 0 Å². The number of esters is 1. The molecule has 1 saturated carbocycles. The Morgan fingerprint density at radius 3 is 2.33 bits per heavy atom. The summed E-state index contributed by atoms with van der Waals surface area (Å²) in [4.78, 5) is 25.5. The molecule has 1 heterocycles. The highest BCUT2D eigenvalue weighted by Gasteiger charge is 2.31. The summed E-state index contributed by atoms with van der Waals surface area (Å²) in [6.45, 7) is 3.81. The van der Waals surface area contributed by atoms with Crippen LogP contribution in [-0.2, 0) is 20.7 Å². The fourth-order valence-corrected chi connectivity index (χ4v) is 3.47. The van der Waals surface area contributed by atoms with Crippen molar-refractivity contribution in [2.24, 2.45) is 0 Å². The number of benzene rings is 2. The van der Waals surface area contributed by atoms with Gasteiger partial charge in [-0.15, -0.1) is 0 Å². The predicted molar refractivity (Wildman–Crippen MR) is 113 cm³/mol. The standard InChI is InChI=1S/C24H25N3O3/c1-16-21(17(2)27(26-16)20-11-7-4-8-12-20)15-22(28)30-23(18-9-5-3-6-10-18)24(29)25-19-13-14-19/h3-12,19,23H,13-15H2,1-2H3,(H,25,29)/t23-/m0/s1. The third kappa shape index (κ3) is 4.43. The summed E-state index contributed by atoms with van der Waals surface area (Å²) in [5.41, 5.74) is 4.07. The fraction of sp³-hybridized carbons (Fsp3) is 0.292. The molecule has 1 aliphatic carbocycles. The molecule has 1 amide bonds. The summed E-state index contributed by atoms with van der Waals surface area (Å²) >= 11 is 0. The maximum absolute atomic E-state index is 12.8. The third-order valence-corrected chi connectivity index (χ3v) is 5.28. The van der Waals surface area contributed by atoms with Crippen LogP contribution >= 0.6 is 0 Å². The fourth-order valence-electron chi connectivity index (χ4n) is 3.47. The summed E-state index contributed by atoms with van der Waals surface area (Å²) in [5, 5.41) is 7.52. The quantitative estimate of drug-likeness (QED) is 0.612. The zero-order valence-electron chi connectivity index (χ0n) is 17.2. The van der Waals surface area contributed by atoms with Crippen molar-refractivity contribution in [3.8, 4) is 5.69 Å². The summed E-state index contributed by atoms with van der Waals surface area (Å²) in [7, 11) is 0. The van der Waals surface area contributed by atoms with Crippen molar-refractivity contribution >= 4 is 11.9 Å². The van der Waals surface area contributed by atoms with Crippen LogP contribution in [0.5, 0.6) is 0 Å². The van der Waals surface area contributed by atoms with Crippen molar-refractivity contribution in [3.05, 3.63) is 83.2 Å². The van der Waals surface area contributed by atoms with Gasteiger partial charge in [0.05, 0.1) is 17.8 Å². The number of aryl methyl sites for hydroxylation is 1. The molecule has 0 unspecified atom stereocenters. The molecule has 30 heavy (non-hydrogen) atoms. The first-order valence-corrected chi connectivity index (χ1v) is 10.2. The molecule has 0 saturated heterocycles. The number of aromatic nitrogens is 2. The molecule has 0 radical (unpaired) electrons. The van der Waals surface area contributed by atoms with Crippen molar-refractivity contribution in [3.63, 3.8) is 0 Å². The van der Waals surface area contributed by atoms with Gasteiger partial charge in [0.2, 0.25) is 6.10 Å². The number of ether oxygens (including phenoxy) is 1. The molecule has 0 aliphatic heterocycles. The minimum Gasteiger partial charge on any atom is -0.447 e. The Morgan fingerprint density at radius 1 is 1.07 bits per heavy atom. The molecular formula is C24H25N3O3. The van der Waals surface area contributed by atoms with Crippen LogP contribution in [0.25, 0.3) is 5.69 Å². The van der Waals surface area contributed by atoms with E-state index in [9.17, 15) is 9.59 Å². The smallest absolute Gasteiger partial charge is 0.311 e. The van der Waals surface area contributed by atoms with E-state index in [1.807, 2.05) is 67.1 Å². The summed E-state index contributed by atoms with van der Waals surface area (Å²) < 4.78 is 7.49. The second-order valence-electron chi connectivity index (χ2n) is 7.64. The van der Waals surface area contributed by atoms with Crippen molar-refractivity contribution in [1.29, 1.82) is 0 Å². The lowest BCUT2D eigenvalue weighted by atomic mass is 10.1. The number of carbonyl (C=O) groups is 2. The van der Waals surface area contributed by atoms with Gasteiger partial charge >= 0.3 is 5.97 Å². The second kappa shape index (κ2) is 8.53. The molecule has 6 nitrogen and oxygen atoms in total. The number of para-hydroxylation sites is 1. The molecule has 1 N–H and O–H groups in total. The van der Waals surface area contributed by atoms with Crippen molar-refractivity contribution in [2.45, 2.75) is 45.3 Å². The number of nitrogens with one attached hydrogen (secondary N) is 1. The predicted octanol–water partition coefficient (Wildman–Crippen LogP) is 3.59. The first kappa shape index (κ1) is 19.9. The summed E-state index contributed by atoms with van der Waals surface area (Å²) in [6, 6.07) is 19.1. The van der Waals surface area contributed by atoms with E-state index >= 15 is 0 Å². The highest BCUT2D eigenvalue weighted by atomic mass is 16.5. The van der Waals surface area contributed by atoms with Crippen LogP contribution in [0, 0.1) is 13.8 Å². The van der Waals surface area contributed by atoms with Gasteiger partial charge in [-0.05, 0) is 38.8 Å². The molecule has 1 aromatic heterocycles. The average molecular weight is 403 g/mol. The number of rotatable bonds is 7. The molecule has 4 rings (SSSR count). The number of carbonyl (C=O) groups excluding carboxylic acids is 2. The van der Waals surface area contributed by atoms with Crippen LogP contribution in [0.3, 0.4) is 0 Å². The molecule has 1 atom stereocenters. The topological polar surface area (TPSA) is 73.2 Å². The van der Waals surface area contributed by atoms with Crippen molar-refractivity contribution < 1.29 is 14.3 Å². The van der Waals surface area contributed by atoms with Gasteiger partial charge in [0.15, 0.2) is 0 Å². The molecule has 2 aromatic carbocycles. The lowest BCUT2D eigenvalue weighted by Gasteiger charge is -2.18. The average Bonchev–Trinajstić information content (AvgIpc) is 3.53. The Labute approximate surface area is 175 Å². The van der Waals surface area contributed by atoms with Crippen LogP contribution in [0.15, 0.2) is 60.7 Å². The molecule has 6 heteroatoms. The van der Waals surface area contributed by atoms with E-state index in [-0.39, 0.29) is 18.4 Å². The molecule has 0 spiro atoms. The van der Waals surface area contributed by atoms with E-state index in [2.05, 4.69) is 10.4 Å². The van der Waals surface area contributed by atoms with Gasteiger partial charge in [-0.1, -0.05) is 48.5 Å². The molecular weight excluding hydrogens is 378 g/mol. The first-order chi connectivity index (χ1) is 14.5. The van der Waals surface area contributed by atoms with Gasteiger partial charge in [-0.25, -0.2) is 4.68 Å². The Bertz CT molecular complexity index is 1040. The zero-order chi connectivity index (χ0) is 21.1. The molecule has 1 aliphatic rings. The lowest BCUT2D eigenvalue weighted by Crippen LogP contribution is -2.33. The minimum atomic E-state index is -0.955. The highest BCUT2D eigenvalue weighted by molar-refractivity contribution is 5.86. The van der Waals surface area contributed by atoms with Gasteiger partial charge in [-0.3, -0.25) is 9.59 Å². The van der Waals surface area contributed by atoms with Crippen LogP contribution in [0.4, 0.5) is 0 Å². The molecule has 1 fully saturated rings. The third-order valence-electron chi connectivity index (χ3n) is 5.28. The monoisotopic (exact) mass is 403 g/mol. The minimum absolute atomic E-state index is 0.0601. The lowest BCUT2D eigenvalue weighted by molar-refractivity contribution is -0.156. The molecule has 0 bridgehead atoms. The number of nitrogens with zero attached hydrogens (tertiary/aromatic N) is 2.